The lowest BCUT2D eigenvalue weighted by Gasteiger charge is -2.14. The molecule has 19 heavy (non-hydrogen) atoms. The smallest absolute Gasteiger partial charge is 0.355 e. The number of rotatable bonds is 2. The highest BCUT2D eigenvalue weighted by Crippen LogP contribution is 2.36. The molecular formula is C13H8ClF4N. The number of nitrogens with one attached hydrogen (secondary N) is 1. The van der Waals surface area contributed by atoms with Crippen molar-refractivity contribution in [2.24, 2.45) is 0 Å². The monoisotopic (exact) mass is 289 g/mol. The van der Waals surface area contributed by atoms with Gasteiger partial charge in [0.05, 0.1) is 16.3 Å². The van der Waals surface area contributed by atoms with Crippen molar-refractivity contribution in [1.82, 2.24) is 0 Å². The average Bonchev–Trinajstić information content (AvgIpc) is 2.33. The first-order valence-electron chi connectivity index (χ1n) is 5.26. The third-order valence-electron chi connectivity index (χ3n) is 2.43. The Hall–Kier alpha value is -1.75. The third-order valence-corrected chi connectivity index (χ3v) is 2.72. The van der Waals surface area contributed by atoms with Crippen LogP contribution in [-0.2, 0) is 6.18 Å². The molecule has 0 radical (unpaired) electrons. The molecular weight excluding hydrogens is 282 g/mol. The number of anilines is 2. The minimum Gasteiger partial charge on any atom is -0.355 e. The van der Waals surface area contributed by atoms with Crippen LogP contribution in [-0.4, -0.2) is 0 Å². The van der Waals surface area contributed by atoms with Crippen LogP contribution in [0.25, 0.3) is 0 Å². The van der Waals surface area contributed by atoms with E-state index in [1.54, 1.807) is 0 Å². The Bertz CT molecular complexity index is 595. The Kier molecular flexibility index (Phi) is 3.66. The van der Waals surface area contributed by atoms with Crippen LogP contribution in [0.4, 0.5) is 28.9 Å². The van der Waals surface area contributed by atoms with Crippen molar-refractivity contribution in [2.45, 2.75) is 6.18 Å². The highest BCUT2D eigenvalue weighted by Gasteiger charge is 2.33. The molecule has 0 amide bonds. The van der Waals surface area contributed by atoms with Gasteiger partial charge in [0.1, 0.15) is 5.82 Å². The Balaban J connectivity index is 2.36. The van der Waals surface area contributed by atoms with E-state index in [1.807, 2.05) is 0 Å². The summed E-state index contributed by atoms with van der Waals surface area (Å²) in [7, 11) is 0. The highest BCUT2D eigenvalue weighted by atomic mass is 35.5. The Morgan fingerprint density at radius 2 is 1.68 bits per heavy atom. The predicted octanol–water partition coefficient (Wildman–Crippen LogP) is 5.24. The molecule has 0 bridgehead atoms. The summed E-state index contributed by atoms with van der Waals surface area (Å²) in [6.07, 6.45) is -4.46. The van der Waals surface area contributed by atoms with Crippen molar-refractivity contribution >= 4 is 23.0 Å². The van der Waals surface area contributed by atoms with Gasteiger partial charge in [-0.25, -0.2) is 4.39 Å². The summed E-state index contributed by atoms with van der Waals surface area (Å²) in [4.78, 5) is 0. The van der Waals surface area contributed by atoms with Crippen LogP contribution in [0.2, 0.25) is 5.02 Å². The fourth-order valence-electron chi connectivity index (χ4n) is 1.57. The molecule has 2 aromatic carbocycles. The van der Waals surface area contributed by atoms with Crippen LogP contribution in [0.5, 0.6) is 0 Å². The molecule has 0 fully saturated rings. The van der Waals surface area contributed by atoms with Crippen LogP contribution in [0.1, 0.15) is 5.56 Å². The Labute approximate surface area is 111 Å². The molecule has 1 N–H and O–H groups in total. The molecule has 0 spiro atoms. The van der Waals surface area contributed by atoms with Gasteiger partial charge in [-0.05, 0) is 30.3 Å². The SMILES string of the molecule is Fc1ccc(Nc2ccccc2C(F)(F)F)cc1Cl. The summed E-state index contributed by atoms with van der Waals surface area (Å²) in [5.74, 6) is -0.628. The van der Waals surface area contributed by atoms with Crippen LogP contribution in [0.3, 0.4) is 0 Å². The van der Waals surface area contributed by atoms with Crippen molar-refractivity contribution < 1.29 is 17.6 Å². The second-order valence-corrected chi connectivity index (χ2v) is 4.20. The first-order chi connectivity index (χ1) is 8.88. The second-order valence-electron chi connectivity index (χ2n) is 3.80. The average molecular weight is 290 g/mol. The van der Waals surface area contributed by atoms with Gasteiger partial charge in [0.15, 0.2) is 0 Å². The Morgan fingerprint density at radius 3 is 2.32 bits per heavy atom. The van der Waals surface area contributed by atoms with E-state index in [0.29, 0.717) is 0 Å². The van der Waals surface area contributed by atoms with Crippen molar-refractivity contribution in [2.75, 3.05) is 5.32 Å². The van der Waals surface area contributed by atoms with Gasteiger partial charge in [0.25, 0.3) is 0 Å². The predicted molar refractivity (Wildman–Crippen MR) is 66.1 cm³/mol. The number of hydrogen-bond acceptors (Lipinski definition) is 1. The summed E-state index contributed by atoms with van der Waals surface area (Å²) in [5.41, 5.74) is -0.628. The molecule has 0 aromatic heterocycles. The summed E-state index contributed by atoms with van der Waals surface area (Å²) in [6.45, 7) is 0. The van der Waals surface area contributed by atoms with Crippen molar-refractivity contribution in [1.29, 1.82) is 0 Å². The summed E-state index contributed by atoms with van der Waals surface area (Å²) >= 11 is 5.57. The molecule has 0 aliphatic heterocycles. The fraction of sp³-hybridized carbons (Fsp3) is 0.0769. The maximum atomic E-state index is 13.0. The molecule has 0 heterocycles. The molecule has 0 aliphatic carbocycles. The lowest BCUT2D eigenvalue weighted by molar-refractivity contribution is -0.136. The van der Waals surface area contributed by atoms with Gasteiger partial charge in [0.2, 0.25) is 0 Å². The van der Waals surface area contributed by atoms with E-state index >= 15 is 0 Å². The quantitative estimate of drug-likeness (QED) is 0.745. The fourth-order valence-corrected chi connectivity index (χ4v) is 1.75. The molecule has 1 nitrogen and oxygen atoms in total. The summed E-state index contributed by atoms with van der Waals surface area (Å²) in [6, 6.07) is 8.65. The molecule has 2 aromatic rings. The molecule has 2 rings (SSSR count). The van der Waals surface area contributed by atoms with Crippen LogP contribution in [0.15, 0.2) is 42.5 Å². The first-order valence-corrected chi connectivity index (χ1v) is 5.64. The van der Waals surface area contributed by atoms with E-state index in [-0.39, 0.29) is 16.4 Å². The van der Waals surface area contributed by atoms with Gasteiger partial charge in [-0.3, -0.25) is 0 Å². The molecule has 0 aliphatic rings. The maximum absolute atomic E-state index is 13.0. The molecule has 0 saturated carbocycles. The number of para-hydroxylation sites is 1. The largest absolute Gasteiger partial charge is 0.418 e. The van der Waals surface area contributed by atoms with Gasteiger partial charge >= 0.3 is 6.18 Å². The van der Waals surface area contributed by atoms with Gasteiger partial charge in [-0.15, -0.1) is 0 Å². The van der Waals surface area contributed by atoms with Crippen molar-refractivity contribution in [3.63, 3.8) is 0 Å². The van der Waals surface area contributed by atoms with Gasteiger partial charge in [-0.1, -0.05) is 23.7 Å². The van der Waals surface area contributed by atoms with E-state index in [9.17, 15) is 17.6 Å². The molecule has 6 heteroatoms. The van der Waals surface area contributed by atoms with Crippen LogP contribution in [0, 0.1) is 5.82 Å². The lowest BCUT2D eigenvalue weighted by Crippen LogP contribution is -2.08. The number of hydrogen-bond donors (Lipinski definition) is 1. The summed E-state index contributed by atoms with van der Waals surface area (Å²) < 4.78 is 51.3. The van der Waals surface area contributed by atoms with E-state index in [4.69, 9.17) is 11.6 Å². The molecule has 0 unspecified atom stereocenters. The molecule has 0 saturated heterocycles. The number of halogens is 5. The highest BCUT2D eigenvalue weighted by molar-refractivity contribution is 6.31. The first kappa shape index (κ1) is 13.7. The number of benzene rings is 2. The summed E-state index contributed by atoms with van der Waals surface area (Å²) in [5, 5.41) is 2.42. The van der Waals surface area contributed by atoms with E-state index in [0.717, 1.165) is 12.1 Å². The minimum absolute atomic E-state index is 0.113. The zero-order chi connectivity index (χ0) is 14.0. The minimum atomic E-state index is -4.46. The maximum Gasteiger partial charge on any atom is 0.418 e. The van der Waals surface area contributed by atoms with Gasteiger partial charge in [-0.2, -0.15) is 13.2 Å². The van der Waals surface area contributed by atoms with E-state index in [2.05, 4.69) is 5.32 Å². The van der Waals surface area contributed by atoms with Gasteiger partial charge < -0.3 is 5.32 Å². The van der Waals surface area contributed by atoms with Crippen LogP contribution >= 0.6 is 11.6 Å². The van der Waals surface area contributed by atoms with E-state index in [1.165, 1.54) is 30.3 Å². The third kappa shape index (κ3) is 3.17. The standard InChI is InChI=1S/C13H8ClF4N/c14-10-7-8(5-6-11(10)15)19-12-4-2-1-3-9(12)13(16,17)18/h1-7,19H. The molecule has 0 atom stereocenters. The topological polar surface area (TPSA) is 12.0 Å². The van der Waals surface area contributed by atoms with E-state index < -0.39 is 17.6 Å². The van der Waals surface area contributed by atoms with Crippen LogP contribution < -0.4 is 5.32 Å². The Morgan fingerprint density at radius 1 is 1.00 bits per heavy atom. The van der Waals surface area contributed by atoms with Crippen molar-refractivity contribution in [3.05, 3.63) is 58.9 Å². The normalized spacial score (nSPS) is 11.4. The molecule has 100 valence electrons. The second kappa shape index (κ2) is 5.09. The lowest BCUT2D eigenvalue weighted by atomic mass is 10.1. The van der Waals surface area contributed by atoms with Gasteiger partial charge in [0, 0.05) is 5.69 Å². The zero-order valence-corrected chi connectivity index (χ0v) is 10.2. The van der Waals surface area contributed by atoms with Crippen molar-refractivity contribution in [3.8, 4) is 0 Å². The zero-order valence-electron chi connectivity index (χ0n) is 9.43. The number of alkyl halides is 3.